The molecular formula is C13H13N5. The third-order valence-electron chi connectivity index (χ3n) is 2.81. The van der Waals surface area contributed by atoms with Crippen molar-refractivity contribution in [3.8, 4) is 0 Å². The van der Waals surface area contributed by atoms with Crippen molar-refractivity contribution in [1.82, 2.24) is 14.5 Å². The molecular weight excluding hydrogens is 226 g/mol. The number of aromatic nitrogens is 3. The molecule has 0 saturated carbocycles. The SMILES string of the molecule is NNc1cccc(Cn2cnc3ccccc32)n1. The Hall–Kier alpha value is -2.40. The Kier molecular flexibility index (Phi) is 2.66. The molecule has 1 aromatic carbocycles. The van der Waals surface area contributed by atoms with E-state index in [4.69, 9.17) is 5.84 Å². The van der Waals surface area contributed by atoms with E-state index in [-0.39, 0.29) is 0 Å². The summed E-state index contributed by atoms with van der Waals surface area (Å²) in [6.45, 7) is 0.677. The van der Waals surface area contributed by atoms with Gasteiger partial charge in [0.25, 0.3) is 0 Å². The van der Waals surface area contributed by atoms with Gasteiger partial charge in [0.05, 0.1) is 29.6 Å². The van der Waals surface area contributed by atoms with Crippen LogP contribution in [0.4, 0.5) is 5.82 Å². The Labute approximate surface area is 104 Å². The van der Waals surface area contributed by atoms with E-state index in [0.717, 1.165) is 16.7 Å². The van der Waals surface area contributed by atoms with Crippen LogP contribution in [-0.4, -0.2) is 14.5 Å². The third-order valence-corrected chi connectivity index (χ3v) is 2.81. The highest BCUT2D eigenvalue weighted by molar-refractivity contribution is 5.75. The van der Waals surface area contributed by atoms with Gasteiger partial charge in [-0.25, -0.2) is 15.8 Å². The first-order chi connectivity index (χ1) is 8.86. The van der Waals surface area contributed by atoms with Gasteiger partial charge >= 0.3 is 0 Å². The Balaban J connectivity index is 1.96. The molecule has 0 radical (unpaired) electrons. The second-order valence-corrected chi connectivity index (χ2v) is 4.02. The van der Waals surface area contributed by atoms with Crippen LogP contribution >= 0.6 is 0 Å². The fraction of sp³-hybridized carbons (Fsp3) is 0.0769. The van der Waals surface area contributed by atoms with Crippen LogP contribution in [0.15, 0.2) is 48.8 Å². The maximum atomic E-state index is 5.35. The number of nitrogens with two attached hydrogens (primary N) is 1. The van der Waals surface area contributed by atoms with E-state index in [0.29, 0.717) is 12.4 Å². The van der Waals surface area contributed by atoms with Crippen molar-refractivity contribution in [2.24, 2.45) is 5.84 Å². The number of hydrogen-bond donors (Lipinski definition) is 2. The number of fused-ring (bicyclic) bond motifs is 1. The number of nitrogens with zero attached hydrogens (tertiary/aromatic N) is 3. The average molecular weight is 239 g/mol. The maximum absolute atomic E-state index is 5.35. The van der Waals surface area contributed by atoms with Crippen LogP contribution in [0.5, 0.6) is 0 Å². The topological polar surface area (TPSA) is 68.8 Å². The Morgan fingerprint density at radius 3 is 2.89 bits per heavy atom. The summed E-state index contributed by atoms with van der Waals surface area (Å²) in [7, 11) is 0. The minimum Gasteiger partial charge on any atom is -0.324 e. The van der Waals surface area contributed by atoms with Crippen LogP contribution in [0.3, 0.4) is 0 Å². The first-order valence-electron chi connectivity index (χ1n) is 5.69. The molecule has 0 bridgehead atoms. The number of imidazole rings is 1. The van der Waals surface area contributed by atoms with Crippen molar-refractivity contribution in [2.75, 3.05) is 5.43 Å². The summed E-state index contributed by atoms with van der Waals surface area (Å²) in [5.41, 5.74) is 5.58. The monoisotopic (exact) mass is 239 g/mol. The van der Waals surface area contributed by atoms with Gasteiger partial charge in [-0.2, -0.15) is 0 Å². The molecule has 18 heavy (non-hydrogen) atoms. The highest BCUT2D eigenvalue weighted by atomic mass is 15.2. The molecule has 2 heterocycles. The molecule has 2 aromatic heterocycles. The molecule has 0 unspecified atom stereocenters. The van der Waals surface area contributed by atoms with Gasteiger partial charge in [0, 0.05) is 0 Å². The predicted octanol–water partition coefficient (Wildman–Crippen LogP) is 1.77. The maximum Gasteiger partial charge on any atom is 0.140 e. The summed E-state index contributed by atoms with van der Waals surface area (Å²) >= 11 is 0. The molecule has 5 nitrogen and oxygen atoms in total. The molecule has 0 amide bonds. The largest absolute Gasteiger partial charge is 0.324 e. The third kappa shape index (κ3) is 1.91. The van der Waals surface area contributed by atoms with Crippen molar-refractivity contribution < 1.29 is 0 Å². The van der Waals surface area contributed by atoms with Crippen molar-refractivity contribution in [1.29, 1.82) is 0 Å². The van der Waals surface area contributed by atoms with E-state index in [1.54, 1.807) is 0 Å². The summed E-state index contributed by atoms with van der Waals surface area (Å²) in [4.78, 5) is 8.74. The normalized spacial score (nSPS) is 10.7. The van der Waals surface area contributed by atoms with E-state index in [1.165, 1.54) is 0 Å². The smallest absolute Gasteiger partial charge is 0.140 e. The predicted molar refractivity (Wildman–Crippen MR) is 70.9 cm³/mol. The molecule has 0 fully saturated rings. The highest BCUT2D eigenvalue weighted by Gasteiger charge is 2.03. The van der Waals surface area contributed by atoms with Crippen LogP contribution in [0.2, 0.25) is 0 Å². The lowest BCUT2D eigenvalue weighted by molar-refractivity contribution is 0.798. The van der Waals surface area contributed by atoms with Crippen molar-refractivity contribution >= 4 is 16.9 Å². The number of nitrogen functional groups attached to an aromatic ring is 1. The molecule has 0 spiro atoms. The number of rotatable bonds is 3. The zero-order valence-electron chi connectivity index (χ0n) is 9.74. The van der Waals surface area contributed by atoms with Gasteiger partial charge in [0.15, 0.2) is 0 Å². The van der Waals surface area contributed by atoms with Gasteiger partial charge in [0.2, 0.25) is 0 Å². The van der Waals surface area contributed by atoms with Crippen molar-refractivity contribution in [3.63, 3.8) is 0 Å². The molecule has 90 valence electrons. The Bertz CT molecular complexity index is 674. The van der Waals surface area contributed by atoms with E-state index in [9.17, 15) is 0 Å². The van der Waals surface area contributed by atoms with Crippen LogP contribution in [0.25, 0.3) is 11.0 Å². The first-order valence-corrected chi connectivity index (χ1v) is 5.69. The van der Waals surface area contributed by atoms with Gasteiger partial charge in [-0.3, -0.25) is 0 Å². The molecule has 0 aliphatic rings. The zero-order valence-corrected chi connectivity index (χ0v) is 9.74. The number of hydrazine groups is 1. The second-order valence-electron chi connectivity index (χ2n) is 4.02. The number of hydrogen-bond acceptors (Lipinski definition) is 4. The summed E-state index contributed by atoms with van der Waals surface area (Å²) in [5, 5.41) is 0. The highest BCUT2D eigenvalue weighted by Crippen LogP contribution is 2.13. The van der Waals surface area contributed by atoms with Crippen molar-refractivity contribution in [2.45, 2.75) is 6.54 Å². The van der Waals surface area contributed by atoms with E-state index < -0.39 is 0 Å². The lowest BCUT2D eigenvalue weighted by Gasteiger charge is -2.05. The Morgan fingerprint density at radius 1 is 1.11 bits per heavy atom. The standard InChI is InChI=1S/C13H13N5/c14-17-13-7-3-4-10(16-13)8-18-9-15-11-5-1-2-6-12(11)18/h1-7,9H,8,14H2,(H,16,17). The Morgan fingerprint density at radius 2 is 2.00 bits per heavy atom. The minimum absolute atomic E-state index is 0.664. The fourth-order valence-electron chi connectivity index (χ4n) is 1.96. The second kappa shape index (κ2) is 4.46. The fourth-order valence-corrected chi connectivity index (χ4v) is 1.96. The van der Waals surface area contributed by atoms with Crippen LogP contribution < -0.4 is 11.3 Å². The summed E-state index contributed by atoms with van der Waals surface area (Å²) in [6.07, 6.45) is 1.83. The van der Waals surface area contributed by atoms with Gasteiger partial charge in [-0.1, -0.05) is 18.2 Å². The van der Waals surface area contributed by atoms with Crippen LogP contribution in [-0.2, 0) is 6.54 Å². The summed E-state index contributed by atoms with van der Waals surface area (Å²) in [6, 6.07) is 13.8. The number of anilines is 1. The van der Waals surface area contributed by atoms with Crippen LogP contribution in [0.1, 0.15) is 5.69 Å². The van der Waals surface area contributed by atoms with Gasteiger partial charge in [-0.05, 0) is 24.3 Å². The average Bonchev–Trinajstić information content (AvgIpc) is 2.83. The molecule has 0 aliphatic heterocycles. The molecule has 3 aromatic rings. The van der Waals surface area contributed by atoms with E-state index >= 15 is 0 Å². The summed E-state index contributed by atoms with van der Waals surface area (Å²) in [5.74, 6) is 6.01. The zero-order chi connectivity index (χ0) is 12.4. The minimum atomic E-state index is 0.664. The van der Waals surface area contributed by atoms with E-state index in [1.807, 2.05) is 48.8 Å². The molecule has 3 rings (SSSR count). The lowest BCUT2D eigenvalue weighted by Crippen LogP contribution is -2.10. The van der Waals surface area contributed by atoms with Gasteiger partial charge < -0.3 is 9.99 Å². The number of para-hydroxylation sites is 2. The molecule has 0 aliphatic carbocycles. The molecule has 5 heteroatoms. The van der Waals surface area contributed by atoms with E-state index in [2.05, 4.69) is 20.0 Å². The molecule has 0 saturated heterocycles. The molecule has 3 N–H and O–H groups in total. The number of pyridine rings is 1. The number of benzene rings is 1. The van der Waals surface area contributed by atoms with Crippen molar-refractivity contribution in [3.05, 3.63) is 54.5 Å². The van der Waals surface area contributed by atoms with Gasteiger partial charge in [0.1, 0.15) is 5.82 Å². The lowest BCUT2D eigenvalue weighted by atomic mass is 10.3. The molecule has 0 atom stereocenters. The first kappa shape index (κ1) is 10.7. The van der Waals surface area contributed by atoms with Crippen LogP contribution in [0, 0.1) is 0 Å². The summed E-state index contributed by atoms with van der Waals surface area (Å²) < 4.78 is 2.07. The van der Waals surface area contributed by atoms with Gasteiger partial charge in [-0.15, -0.1) is 0 Å². The quantitative estimate of drug-likeness (QED) is 0.540. The number of nitrogens with one attached hydrogen (secondary N) is 1.